The average Bonchev–Trinajstić information content (AvgIpc) is 2.72. The molecule has 1 aliphatic rings. The van der Waals surface area contributed by atoms with Gasteiger partial charge in [-0.2, -0.15) is 0 Å². The Kier molecular flexibility index (Phi) is 6.65. The molecule has 0 unspecified atom stereocenters. The van der Waals surface area contributed by atoms with Crippen LogP contribution in [0.15, 0.2) is 48.8 Å². The molecule has 0 spiro atoms. The van der Waals surface area contributed by atoms with Crippen molar-refractivity contribution in [1.82, 2.24) is 20.1 Å². The number of nitrogens with one attached hydrogen (secondary N) is 1. The van der Waals surface area contributed by atoms with Crippen molar-refractivity contribution < 1.29 is 9.53 Å². The van der Waals surface area contributed by atoms with E-state index in [9.17, 15) is 4.79 Å². The van der Waals surface area contributed by atoms with E-state index in [-0.39, 0.29) is 12.1 Å². The van der Waals surface area contributed by atoms with Gasteiger partial charge in [0.15, 0.2) is 0 Å². The Hall–Kier alpha value is -2.60. The van der Waals surface area contributed by atoms with Gasteiger partial charge in [-0.05, 0) is 62.3 Å². The summed E-state index contributed by atoms with van der Waals surface area (Å²) in [7, 11) is 3.78. The van der Waals surface area contributed by atoms with Gasteiger partial charge in [-0.15, -0.1) is 0 Å². The molecule has 2 heterocycles. The zero-order valence-electron chi connectivity index (χ0n) is 16.1. The highest BCUT2D eigenvalue weighted by Crippen LogP contribution is 2.19. The minimum Gasteiger partial charge on any atom is -0.497 e. The van der Waals surface area contributed by atoms with Crippen molar-refractivity contribution >= 4 is 6.03 Å². The number of piperidine rings is 1. The molecule has 0 radical (unpaired) electrons. The van der Waals surface area contributed by atoms with E-state index < -0.39 is 0 Å². The van der Waals surface area contributed by atoms with Gasteiger partial charge in [0.2, 0.25) is 0 Å². The number of amides is 2. The molecule has 0 atom stereocenters. The molecule has 0 bridgehead atoms. The summed E-state index contributed by atoms with van der Waals surface area (Å²) in [6, 6.07) is 11.9. The summed E-state index contributed by atoms with van der Waals surface area (Å²) in [5.74, 6) is 0.814. The number of ether oxygens (including phenoxy) is 1. The first kappa shape index (κ1) is 19.2. The molecule has 1 aromatic heterocycles. The maximum absolute atomic E-state index is 13.0. The van der Waals surface area contributed by atoms with Crippen molar-refractivity contribution in [1.29, 1.82) is 0 Å². The van der Waals surface area contributed by atoms with E-state index in [0.717, 1.165) is 42.8 Å². The van der Waals surface area contributed by atoms with Gasteiger partial charge in [0.25, 0.3) is 0 Å². The number of benzene rings is 1. The molecule has 1 saturated heterocycles. The van der Waals surface area contributed by atoms with E-state index >= 15 is 0 Å². The molecule has 3 rings (SSSR count). The van der Waals surface area contributed by atoms with E-state index in [1.807, 2.05) is 47.5 Å². The lowest BCUT2D eigenvalue weighted by Crippen LogP contribution is -2.49. The molecule has 6 heteroatoms. The topological polar surface area (TPSA) is 57.7 Å². The Morgan fingerprint density at radius 3 is 2.59 bits per heavy atom. The first-order chi connectivity index (χ1) is 13.2. The summed E-state index contributed by atoms with van der Waals surface area (Å²) in [6.07, 6.45) is 5.57. The third kappa shape index (κ3) is 5.44. The van der Waals surface area contributed by atoms with Crippen LogP contribution in [0.4, 0.5) is 4.79 Å². The van der Waals surface area contributed by atoms with Crippen molar-refractivity contribution in [2.45, 2.75) is 32.0 Å². The Balaban J connectivity index is 1.65. The molecule has 0 saturated carbocycles. The van der Waals surface area contributed by atoms with Gasteiger partial charge in [-0.1, -0.05) is 18.2 Å². The fourth-order valence-corrected chi connectivity index (χ4v) is 3.38. The fraction of sp³-hybridized carbons (Fsp3) is 0.429. The SMILES string of the molecule is COc1ccc(CNC(=O)N(Cc2cccnc2)C2CCN(C)CC2)cc1. The lowest BCUT2D eigenvalue weighted by molar-refractivity contribution is 0.127. The summed E-state index contributed by atoms with van der Waals surface area (Å²) in [5.41, 5.74) is 2.10. The number of pyridine rings is 1. The minimum atomic E-state index is -0.0239. The van der Waals surface area contributed by atoms with Crippen LogP contribution in [-0.2, 0) is 13.1 Å². The first-order valence-electron chi connectivity index (χ1n) is 9.40. The second-order valence-corrected chi connectivity index (χ2v) is 7.03. The second kappa shape index (κ2) is 9.37. The van der Waals surface area contributed by atoms with Crippen molar-refractivity contribution in [2.75, 3.05) is 27.2 Å². The van der Waals surface area contributed by atoms with Crippen LogP contribution >= 0.6 is 0 Å². The lowest BCUT2D eigenvalue weighted by Gasteiger charge is -2.37. The highest BCUT2D eigenvalue weighted by atomic mass is 16.5. The Morgan fingerprint density at radius 1 is 1.22 bits per heavy atom. The lowest BCUT2D eigenvalue weighted by atomic mass is 10.0. The molecule has 1 aromatic carbocycles. The molecular formula is C21H28N4O2. The fourth-order valence-electron chi connectivity index (χ4n) is 3.38. The Bertz CT molecular complexity index is 713. The monoisotopic (exact) mass is 368 g/mol. The molecular weight excluding hydrogens is 340 g/mol. The largest absolute Gasteiger partial charge is 0.497 e. The maximum atomic E-state index is 13.0. The van der Waals surface area contributed by atoms with Crippen LogP contribution in [0.5, 0.6) is 5.75 Å². The van der Waals surface area contributed by atoms with Crippen LogP contribution in [0.1, 0.15) is 24.0 Å². The quantitative estimate of drug-likeness (QED) is 0.852. The van der Waals surface area contributed by atoms with Crippen LogP contribution in [-0.4, -0.2) is 54.1 Å². The third-order valence-electron chi connectivity index (χ3n) is 5.07. The number of rotatable bonds is 6. The zero-order chi connectivity index (χ0) is 19.1. The van der Waals surface area contributed by atoms with Crippen molar-refractivity contribution in [3.8, 4) is 5.75 Å². The van der Waals surface area contributed by atoms with Crippen LogP contribution in [0.2, 0.25) is 0 Å². The van der Waals surface area contributed by atoms with E-state index in [4.69, 9.17) is 4.74 Å². The van der Waals surface area contributed by atoms with E-state index in [1.54, 1.807) is 13.3 Å². The predicted octanol–water partition coefficient (Wildman–Crippen LogP) is 2.90. The van der Waals surface area contributed by atoms with Gasteiger partial charge in [-0.25, -0.2) is 4.79 Å². The van der Waals surface area contributed by atoms with Gasteiger partial charge in [0.1, 0.15) is 5.75 Å². The summed E-state index contributed by atoms with van der Waals surface area (Å²) >= 11 is 0. The van der Waals surface area contributed by atoms with E-state index in [2.05, 4.69) is 22.2 Å². The van der Waals surface area contributed by atoms with Crippen LogP contribution in [0.25, 0.3) is 0 Å². The van der Waals surface area contributed by atoms with Crippen LogP contribution in [0.3, 0.4) is 0 Å². The number of methoxy groups -OCH3 is 1. The van der Waals surface area contributed by atoms with E-state index in [0.29, 0.717) is 13.1 Å². The van der Waals surface area contributed by atoms with Crippen LogP contribution in [0, 0.1) is 0 Å². The summed E-state index contributed by atoms with van der Waals surface area (Å²) < 4.78 is 5.18. The molecule has 2 aromatic rings. The van der Waals surface area contributed by atoms with Gasteiger partial charge in [-0.3, -0.25) is 4.98 Å². The third-order valence-corrected chi connectivity index (χ3v) is 5.07. The van der Waals surface area contributed by atoms with E-state index in [1.165, 1.54) is 0 Å². The number of hydrogen-bond donors (Lipinski definition) is 1. The number of carbonyl (C=O) groups is 1. The van der Waals surface area contributed by atoms with Crippen LogP contribution < -0.4 is 10.1 Å². The summed E-state index contributed by atoms with van der Waals surface area (Å²) in [6.45, 7) is 3.11. The number of nitrogens with zero attached hydrogens (tertiary/aromatic N) is 3. The molecule has 6 nitrogen and oxygen atoms in total. The zero-order valence-corrected chi connectivity index (χ0v) is 16.1. The predicted molar refractivity (Wildman–Crippen MR) is 106 cm³/mol. The number of urea groups is 1. The highest BCUT2D eigenvalue weighted by molar-refractivity contribution is 5.74. The van der Waals surface area contributed by atoms with Crippen molar-refractivity contribution in [2.24, 2.45) is 0 Å². The number of hydrogen-bond acceptors (Lipinski definition) is 4. The molecule has 1 aliphatic heterocycles. The molecule has 0 aliphatic carbocycles. The number of carbonyl (C=O) groups excluding carboxylic acids is 1. The summed E-state index contributed by atoms with van der Waals surface area (Å²) in [5, 5.41) is 3.08. The van der Waals surface area contributed by atoms with Gasteiger partial charge in [0, 0.05) is 31.5 Å². The van der Waals surface area contributed by atoms with Gasteiger partial charge < -0.3 is 19.9 Å². The molecule has 1 N–H and O–H groups in total. The molecule has 2 amide bonds. The maximum Gasteiger partial charge on any atom is 0.318 e. The molecule has 144 valence electrons. The van der Waals surface area contributed by atoms with Crippen molar-refractivity contribution in [3.05, 3.63) is 59.9 Å². The Morgan fingerprint density at radius 2 is 1.96 bits per heavy atom. The first-order valence-corrected chi connectivity index (χ1v) is 9.40. The Labute approximate surface area is 161 Å². The average molecular weight is 368 g/mol. The standard InChI is InChI=1S/C21H28N4O2/c1-24-12-9-19(10-13-24)25(16-18-4-3-11-22-14-18)21(26)23-15-17-5-7-20(27-2)8-6-17/h3-8,11,14,19H,9-10,12-13,15-16H2,1-2H3,(H,23,26). The highest BCUT2D eigenvalue weighted by Gasteiger charge is 2.27. The molecule has 1 fully saturated rings. The summed E-state index contributed by atoms with van der Waals surface area (Å²) in [4.78, 5) is 21.4. The molecule has 27 heavy (non-hydrogen) atoms. The van der Waals surface area contributed by atoms with Gasteiger partial charge in [0.05, 0.1) is 7.11 Å². The number of likely N-dealkylation sites (tertiary alicyclic amines) is 1. The van der Waals surface area contributed by atoms with Crippen molar-refractivity contribution in [3.63, 3.8) is 0 Å². The normalized spacial score (nSPS) is 15.3. The minimum absolute atomic E-state index is 0.0239. The van der Waals surface area contributed by atoms with Gasteiger partial charge >= 0.3 is 6.03 Å². The second-order valence-electron chi connectivity index (χ2n) is 7.03. The smallest absolute Gasteiger partial charge is 0.318 e. The number of aromatic nitrogens is 1.